The van der Waals surface area contributed by atoms with Crippen LogP contribution in [0, 0.1) is 17.2 Å². The van der Waals surface area contributed by atoms with E-state index in [1.807, 2.05) is 38.1 Å². The highest BCUT2D eigenvalue weighted by molar-refractivity contribution is 6.02. The van der Waals surface area contributed by atoms with Gasteiger partial charge in [0.2, 0.25) is 0 Å². The number of amides is 2. The van der Waals surface area contributed by atoms with Gasteiger partial charge in [-0.3, -0.25) is 9.59 Å². The molecule has 0 spiro atoms. The van der Waals surface area contributed by atoms with E-state index in [2.05, 4.69) is 33.2 Å². The Morgan fingerprint density at radius 3 is 2.30 bits per heavy atom. The molecule has 10 heteroatoms. The van der Waals surface area contributed by atoms with Crippen LogP contribution in [0.5, 0.6) is 0 Å². The van der Waals surface area contributed by atoms with E-state index < -0.39 is 17.6 Å². The quantitative estimate of drug-likeness (QED) is 0.154. The Labute approximate surface area is 255 Å². The van der Waals surface area contributed by atoms with Gasteiger partial charge in [-0.25, -0.2) is 4.79 Å². The molecule has 2 aromatic carbocycles. The van der Waals surface area contributed by atoms with Crippen LogP contribution in [0.4, 0.5) is 10.5 Å². The van der Waals surface area contributed by atoms with Crippen molar-refractivity contribution in [3.8, 4) is 6.07 Å². The first-order chi connectivity index (χ1) is 20.4. The number of ether oxygens (including phenoxy) is 3. The van der Waals surface area contributed by atoms with Gasteiger partial charge in [-0.2, -0.15) is 5.26 Å². The zero-order valence-electron chi connectivity index (χ0n) is 26.1. The maximum absolute atomic E-state index is 12.4. The Balaban J connectivity index is 0.000000708. The monoisotopic (exact) mass is 594 g/mol. The molecule has 0 aliphatic carbocycles. The molecule has 3 N–H and O–H groups in total. The van der Waals surface area contributed by atoms with Gasteiger partial charge in [-0.15, -0.1) is 0 Å². The molecule has 2 aromatic rings. The molecule has 0 radical (unpaired) electrons. The number of hydrogen-bond donors (Lipinski definition) is 2. The van der Waals surface area contributed by atoms with Crippen LogP contribution in [0.3, 0.4) is 0 Å². The number of carbonyl (C=O) groups is 3. The lowest BCUT2D eigenvalue weighted by atomic mass is 10.0. The predicted octanol–water partition coefficient (Wildman–Crippen LogP) is 5.34. The van der Waals surface area contributed by atoms with Gasteiger partial charge >= 0.3 is 12.1 Å². The number of benzene rings is 2. The first-order valence-electron chi connectivity index (χ1n) is 14.8. The molecule has 0 atom stereocenters. The fourth-order valence-electron chi connectivity index (χ4n) is 4.35. The minimum atomic E-state index is -0.725. The summed E-state index contributed by atoms with van der Waals surface area (Å²) in [4.78, 5) is 36.3. The maximum Gasteiger partial charge on any atom is 0.405 e. The van der Waals surface area contributed by atoms with E-state index in [0.717, 1.165) is 29.4 Å². The minimum Gasteiger partial charge on any atom is -0.463 e. The number of primary amides is 1. The third-order valence-corrected chi connectivity index (χ3v) is 6.25. The first-order valence-corrected chi connectivity index (χ1v) is 14.8. The highest BCUT2D eigenvalue weighted by Gasteiger charge is 2.13. The number of esters is 1. The largest absolute Gasteiger partial charge is 0.463 e. The molecule has 0 aromatic heterocycles. The molecule has 1 heterocycles. The van der Waals surface area contributed by atoms with Crippen LogP contribution in [0.25, 0.3) is 16.8 Å². The Kier molecular flexibility index (Phi) is 14.5. The molecule has 0 unspecified atom stereocenters. The van der Waals surface area contributed by atoms with E-state index in [-0.39, 0.29) is 43.8 Å². The summed E-state index contributed by atoms with van der Waals surface area (Å²) in [5.74, 6) is -0.426. The third-order valence-electron chi connectivity index (χ3n) is 6.25. The lowest BCUT2D eigenvalue weighted by Gasteiger charge is -2.29. The summed E-state index contributed by atoms with van der Waals surface area (Å²) in [7, 11) is 0. The van der Waals surface area contributed by atoms with Crippen molar-refractivity contribution in [2.75, 3.05) is 44.4 Å². The van der Waals surface area contributed by atoms with Crippen molar-refractivity contribution in [1.29, 1.82) is 5.26 Å². The van der Waals surface area contributed by atoms with Gasteiger partial charge in [0, 0.05) is 31.7 Å². The fraction of sp³-hybridized carbons (Fsp3) is 0.515. The van der Waals surface area contributed by atoms with E-state index in [0.29, 0.717) is 6.42 Å². The number of piperidine rings is 1. The van der Waals surface area contributed by atoms with Gasteiger partial charge in [-0.1, -0.05) is 32.0 Å². The van der Waals surface area contributed by atoms with Crippen molar-refractivity contribution >= 4 is 40.5 Å². The van der Waals surface area contributed by atoms with Crippen LogP contribution in [-0.2, 0) is 23.8 Å². The first kappa shape index (κ1) is 35.1. The van der Waals surface area contributed by atoms with Gasteiger partial charge in [0.05, 0.1) is 13.2 Å². The molecule has 1 fully saturated rings. The van der Waals surface area contributed by atoms with E-state index in [9.17, 15) is 19.6 Å². The van der Waals surface area contributed by atoms with Crippen LogP contribution in [0.15, 0.2) is 42.0 Å². The molecule has 0 saturated carbocycles. The average molecular weight is 595 g/mol. The molecular weight excluding hydrogens is 548 g/mol. The number of hydrogen-bond acceptors (Lipinski definition) is 8. The van der Waals surface area contributed by atoms with Crippen molar-refractivity contribution in [3.05, 3.63) is 47.5 Å². The molecule has 234 valence electrons. The van der Waals surface area contributed by atoms with Crippen molar-refractivity contribution in [3.63, 3.8) is 0 Å². The topological polar surface area (TPSA) is 144 Å². The second-order valence-corrected chi connectivity index (χ2v) is 11.7. The summed E-state index contributed by atoms with van der Waals surface area (Å²) in [6.45, 7) is 12.4. The summed E-state index contributed by atoms with van der Waals surface area (Å²) in [5.41, 5.74) is 6.35. The number of nitrogens with zero attached hydrogens (tertiary/aromatic N) is 2. The van der Waals surface area contributed by atoms with E-state index in [1.54, 1.807) is 26.8 Å². The van der Waals surface area contributed by atoms with Crippen molar-refractivity contribution in [1.82, 2.24) is 5.32 Å². The highest BCUT2D eigenvalue weighted by Crippen LogP contribution is 2.26. The molecular formula is C33H46N4O6. The maximum atomic E-state index is 12.4. The molecule has 2 amide bonds. The number of carbonyl (C=O) groups excluding carboxylic acids is 3. The second-order valence-electron chi connectivity index (χ2n) is 11.7. The third kappa shape index (κ3) is 14.1. The summed E-state index contributed by atoms with van der Waals surface area (Å²) < 4.78 is 15.0. The Bertz CT molecular complexity index is 1290. The highest BCUT2D eigenvalue weighted by atomic mass is 16.6. The van der Waals surface area contributed by atoms with Crippen molar-refractivity contribution in [2.45, 2.75) is 65.9 Å². The molecule has 1 aliphatic heterocycles. The van der Waals surface area contributed by atoms with E-state index in [1.165, 1.54) is 24.9 Å². The fourth-order valence-corrected chi connectivity index (χ4v) is 4.35. The lowest BCUT2D eigenvalue weighted by molar-refractivity contribution is -0.146. The lowest BCUT2D eigenvalue weighted by Crippen LogP contribution is -2.29. The zero-order chi connectivity index (χ0) is 31.8. The summed E-state index contributed by atoms with van der Waals surface area (Å²) >= 11 is 0. The smallest absolute Gasteiger partial charge is 0.405 e. The molecule has 43 heavy (non-hydrogen) atoms. The summed E-state index contributed by atoms with van der Waals surface area (Å²) in [6.07, 6.45) is 5.04. The van der Waals surface area contributed by atoms with Crippen LogP contribution in [-0.4, -0.2) is 63.0 Å². The molecule has 1 saturated heterocycles. The van der Waals surface area contributed by atoms with Crippen LogP contribution < -0.4 is 16.0 Å². The standard InChI is InChI=1S/C28H35N3O4.C5H11NO2/c1-21(2)16-27(32)35-15-14-34-13-10-30-28(33)25(20-29)18-22-6-7-24-19-26(9-8-23(24)17-22)31-11-4-3-5-12-31;1-5(2,3)8-4(6)7/h6-9,17-19,21H,3-5,10-16H2,1-2H3,(H,30,33);1-3H3,(H2,6,7)/b25-18+;. The Morgan fingerprint density at radius 1 is 1.02 bits per heavy atom. The van der Waals surface area contributed by atoms with Gasteiger partial charge in [0.15, 0.2) is 0 Å². The second kappa shape index (κ2) is 17.8. The van der Waals surface area contributed by atoms with Gasteiger partial charge in [0.25, 0.3) is 5.91 Å². The molecule has 3 rings (SSSR count). The SMILES string of the molecule is CC(C)(C)OC(N)=O.CC(C)CC(=O)OCCOCCNC(=O)/C(C#N)=C/c1ccc2cc(N3CCCCC3)ccc2c1. The van der Waals surface area contributed by atoms with Crippen molar-refractivity contribution in [2.24, 2.45) is 11.7 Å². The number of fused-ring (bicyclic) bond motifs is 1. The summed E-state index contributed by atoms with van der Waals surface area (Å²) in [5, 5.41) is 14.4. The number of nitriles is 1. The molecule has 0 bridgehead atoms. The van der Waals surface area contributed by atoms with E-state index >= 15 is 0 Å². The zero-order valence-corrected chi connectivity index (χ0v) is 26.1. The summed E-state index contributed by atoms with van der Waals surface area (Å²) in [6, 6.07) is 14.4. The van der Waals surface area contributed by atoms with Gasteiger partial charge < -0.3 is 30.2 Å². The van der Waals surface area contributed by atoms with Crippen LogP contribution in [0.1, 0.15) is 65.9 Å². The Morgan fingerprint density at radius 2 is 1.70 bits per heavy atom. The molecule has 1 aliphatic rings. The normalized spacial score (nSPS) is 13.5. The average Bonchev–Trinajstić information content (AvgIpc) is 2.94. The van der Waals surface area contributed by atoms with E-state index in [4.69, 9.17) is 15.2 Å². The number of rotatable bonds is 11. The number of nitrogens with one attached hydrogen (secondary N) is 1. The Hall–Kier alpha value is -4.10. The van der Waals surface area contributed by atoms with Gasteiger partial charge in [0.1, 0.15) is 23.9 Å². The van der Waals surface area contributed by atoms with Crippen LogP contribution >= 0.6 is 0 Å². The van der Waals surface area contributed by atoms with Crippen LogP contribution in [0.2, 0.25) is 0 Å². The predicted molar refractivity (Wildman–Crippen MR) is 168 cm³/mol. The molecule has 10 nitrogen and oxygen atoms in total. The van der Waals surface area contributed by atoms with Gasteiger partial charge in [-0.05, 0) is 86.6 Å². The minimum absolute atomic E-state index is 0.0388. The number of nitrogens with two attached hydrogens (primary N) is 1. The number of anilines is 1. The van der Waals surface area contributed by atoms with Crippen molar-refractivity contribution < 1.29 is 28.6 Å².